The maximum Gasteiger partial charge on any atom is 0.257 e. The van der Waals surface area contributed by atoms with E-state index in [1.54, 1.807) is 12.1 Å². The maximum atomic E-state index is 12.2. The van der Waals surface area contributed by atoms with E-state index in [1.807, 2.05) is 6.92 Å². The third-order valence-corrected chi connectivity index (χ3v) is 3.23. The number of nitrogens with zero attached hydrogens (tertiary/aromatic N) is 1. The molecule has 7 heteroatoms. The summed E-state index contributed by atoms with van der Waals surface area (Å²) in [7, 11) is 2.97. The van der Waals surface area contributed by atoms with Crippen LogP contribution < -0.4 is 14.8 Å². The fourth-order valence-corrected chi connectivity index (χ4v) is 2.13. The van der Waals surface area contributed by atoms with Gasteiger partial charge in [0.2, 0.25) is 0 Å². The Balaban J connectivity index is 2.24. The molecule has 0 radical (unpaired) electrons. The molecule has 1 aromatic heterocycles. The molecule has 0 fully saturated rings. The van der Waals surface area contributed by atoms with Gasteiger partial charge in [0.15, 0.2) is 17.3 Å². The smallest absolute Gasteiger partial charge is 0.257 e. The molecule has 0 spiro atoms. The number of ether oxygens (including phenoxy) is 2. The van der Waals surface area contributed by atoms with Crippen molar-refractivity contribution < 1.29 is 14.3 Å². The second-order valence-corrected chi connectivity index (χ2v) is 4.69. The molecule has 2 rings (SSSR count). The lowest BCUT2D eigenvalue weighted by atomic mass is 10.2. The van der Waals surface area contributed by atoms with E-state index in [0.717, 1.165) is 12.1 Å². The summed E-state index contributed by atoms with van der Waals surface area (Å²) in [4.78, 5) is 12.2. The normalized spacial score (nSPS) is 10.3. The van der Waals surface area contributed by atoms with Crippen molar-refractivity contribution >= 4 is 23.3 Å². The first-order valence-corrected chi connectivity index (χ1v) is 6.74. The summed E-state index contributed by atoms with van der Waals surface area (Å²) in [6.45, 7) is 1.99. The Hall–Kier alpha value is -2.21. The predicted octanol–water partition coefficient (Wildman–Crippen LogP) is 2.90. The van der Waals surface area contributed by atoms with E-state index in [1.165, 1.54) is 20.3 Å². The highest BCUT2D eigenvalue weighted by Crippen LogP contribution is 2.36. The third-order valence-electron chi connectivity index (χ3n) is 2.95. The lowest BCUT2D eigenvalue weighted by Gasteiger charge is -2.11. The molecule has 0 aliphatic heterocycles. The summed E-state index contributed by atoms with van der Waals surface area (Å²) in [5, 5.41) is 9.83. The zero-order valence-corrected chi connectivity index (χ0v) is 12.7. The summed E-state index contributed by atoms with van der Waals surface area (Å²) >= 11 is 6.08. The number of rotatable bonds is 5. The van der Waals surface area contributed by atoms with E-state index in [9.17, 15) is 4.79 Å². The Morgan fingerprint density at radius 2 is 2.10 bits per heavy atom. The minimum absolute atomic E-state index is 0.304. The molecule has 0 atom stereocenters. The van der Waals surface area contributed by atoms with Crippen LogP contribution in [-0.4, -0.2) is 30.3 Å². The number of aromatic nitrogens is 2. The Labute approximate surface area is 127 Å². The summed E-state index contributed by atoms with van der Waals surface area (Å²) in [5.74, 6) is 0.921. The van der Waals surface area contributed by atoms with Crippen LogP contribution >= 0.6 is 11.6 Å². The zero-order valence-electron chi connectivity index (χ0n) is 12.0. The predicted molar refractivity (Wildman–Crippen MR) is 80.5 cm³/mol. The van der Waals surface area contributed by atoms with Gasteiger partial charge in [-0.25, -0.2) is 0 Å². The van der Waals surface area contributed by atoms with Crippen LogP contribution in [0.5, 0.6) is 11.5 Å². The van der Waals surface area contributed by atoms with Crippen molar-refractivity contribution in [1.29, 1.82) is 0 Å². The fourth-order valence-electron chi connectivity index (χ4n) is 1.84. The molecule has 0 saturated heterocycles. The lowest BCUT2D eigenvalue weighted by Crippen LogP contribution is -2.12. The Morgan fingerprint density at radius 1 is 1.33 bits per heavy atom. The molecule has 2 aromatic rings. The number of amides is 1. The fraction of sp³-hybridized carbons (Fsp3) is 0.286. The number of carbonyl (C=O) groups excluding carboxylic acids is 1. The van der Waals surface area contributed by atoms with Crippen molar-refractivity contribution in [3.8, 4) is 11.5 Å². The number of benzene rings is 1. The molecule has 21 heavy (non-hydrogen) atoms. The van der Waals surface area contributed by atoms with Crippen LogP contribution in [0, 0.1) is 0 Å². The van der Waals surface area contributed by atoms with Crippen molar-refractivity contribution in [2.45, 2.75) is 13.3 Å². The van der Waals surface area contributed by atoms with Crippen LogP contribution in [-0.2, 0) is 6.42 Å². The number of H-pyrrole nitrogens is 1. The van der Waals surface area contributed by atoms with Crippen molar-refractivity contribution in [1.82, 2.24) is 10.2 Å². The molecule has 1 aromatic carbocycles. The van der Waals surface area contributed by atoms with Gasteiger partial charge in [0, 0.05) is 17.3 Å². The molecule has 1 heterocycles. The second kappa shape index (κ2) is 6.49. The number of anilines is 1. The summed E-state index contributed by atoms with van der Waals surface area (Å²) in [6.07, 6.45) is 0.811. The standard InChI is InChI=1S/C14H16ClN3O3/c1-4-9-7-12(18-17-9)16-14(19)8-5-10(15)13(21-3)11(6-8)20-2/h5-7H,4H2,1-3H3,(H2,16,17,18,19). The van der Waals surface area contributed by atoms with Crippen molar-refractivity contribution in [2.24, 2.45) is 0 Å². The highest BCUT2D eigenvalue weighted by Gasteiger charge is 2.16. The number of hydrogen-bond donors (Lipinski definition) is 2. The quantitative estimate of drug-likeness (QED) is 0.890. The molecule has 0 aliphatic carbocycles. The average Bonchev–Trinajstić information content (AvgIpc) is 2.93. The molecule has 0 aliphatic rings. The van der Waals surface area contributed by atoms with Crippen molar-refractivity contribution in [2.75, 3.05) is 19.5 Å². The van der Waals surface area contributed by atoms with Crippen LogP contribution in [0.4, 0.5) is 5.82 Å². The SMILES string of the molecule is CCc1cc(NC(=O)c2cc(Cl)c(OC)c(OC)c2)n[nH]1. The molecule has 1 amide bonds. The van der Waals surface area contributed by atoms with Crippen LogP contribution in [0.3, 0.4) is 0 Å². The number of methoxy groups -OCH3 is 2. The van der Waals surface area contributed by atoms with Gasteiger partial charge in [-0.3, -0.25) is 9.89 Å². The Morgan fingerprint density at radius 3 is 2.67 bits per heavy atom. The van der Waals surface area contributed by atoms with Gasteiger partial charge in [0.25, 0.3) is 5.91 Å². The first-order valence-electron chi connectivity index (χ1n) is 6.36. The lowest BCUT2D eigenvalue weighted by molar-refractivity contribution is 0.102. The summed E-state index contributed by atoms with van der Waals surface area (Å²) in [5.41, 5.74) is 1.30. The maximum absolute atomic E-state index is 12.2. The Bertz CT molecular complexity index is 655. The first-order chi connectivity index (χ1) is 10.1. The minimum atomic E-state index is -0.327. The van der Waals surface area contributed by atoms with Gasteiger partial charge in [-0.15, -0.1) is 0 Å². The molecule has 112 valence electrons. The van der Waals surface area contributed by atoms with Crippen molar-refractivity contribution in [3.05, 3.63) is 34.5 Å². The van der Waals surface area contributed by atoms with Crippen LogP contribution in [0.2, 0.25) is 5.02 Å². The second-order valence-electron chi connectivity index (χ2n) is 4.28. The van der Waals surface area contributed by atoms with E-state index in [-0.39, 0.29) is 5.91 Å². The van der Waals surface area contributed by atoms with Gasteiger partial charge in [-0.2, -0.15) is 5.10 Å². The topological polar surface area (TPSA) is 76.2 Å². The van der Waals surface area contributed by atoms with Gasteiger partial charge in [-0.1, -0.05) is 18.5 Å². The molecular formula is C14H16ClN3O3. The average molecular weight is 310 g/mol. The number of carbonyl (C=O) groups is 1. The van der Waals surface area contributed by atoms with E-state index in [0.29, 0.717) is 27.9 Å². The molecular weight excluding hydrogens is 294 g/mol. The summed E-state index contributed by atoms with van der Waals surface area (Å²) < 4.78 is 10.3. The van der Waals surface area contributed by atoms with Gasteiger partial charge in [0.05, 0.1) is 19.2 Å². The molecule has 0 unspecified atom stereocenters. The highest BCUT2D eigenvalue weighted by molar-refractivity contribution is 6.32. The summed E-state index contributed by atoms with van der Waals surface area (Å²) in [6, 6.07) is 4.86. The number of hydrogen-bond acceptors (Lipinski definition) is 4. The van der Waals surface area contributed by atoms with E-state index in [2.05, 4.69) is 15.5 Å². The molecule has 0 bridgehead atoms. The van der Waals surface area contributed by atoms with Gasteiger partial charge in [-0.05, 0) is 18.6 Å². The van der Waals surface area contributed by atoms with Crippen molar-refractivity contribution in [3.63, 3.8) is 0 Å². The van der Waals surface area contributed by atoms with E-state index in [4.69, 9.17) is 21.1 Å². The van der Waals surface area contributed by atoms with Crippen LogP contribution in [0.15, 0.2) is 18.2 Å². The highest BCUT2D eigenvalue weighted by atomic mass is 35.5. The molecule has 6 nitrogen and oxygen atoms in total. The number of nitrogens with one attached hydrogen (secondary N) is 2. The number of aromatic amines is 1. The van der Waals surface area contributed by atoms with Crippen LogP contribution in [0.1, 0.15) is 23.0 Å². The van der Waals surface area contributed by atoms with Gasteiger partial charge >= 0.3 is 0 Å². The largest absolute Gasteiger partial charge is 0.493 e. The Kier molecular flexibility index (Phi) is 4.70. The van der Waals surface area contributed by atoms with Gasteiger partial charge < -0.3 is 14.8 Å². The van der Waals surface area contributed by atoms with E-state index >= 15 is 0 Å². The van der Waals surface area contributed by atoms with E-state index < -0.39 is 0 Å². The first kappa shape index (κ1) is 15.2. The third kappa shape index (κ3) is 3.28. The number of aryl methyl sites for hydroxylation is 1. The van der Waals surface area contributed by atoms with Crippen LogP contribution in [0.25, 0.3) is 0 Å². The molecule has 2 N–H and O–H groups in total. The molecule has 0 saturated carbocycles. The minimum Gasteiger partial charge on any atom is -0.493 e. The number of halogens is 1. The van der Waals surface area contributed by atoms with Gasteiger partial charge in [0.1, 0.15) is 0 Å². The zero-order chi connectivity index (χ0) is 15.4. The monoisotopic (exact) mass is 309 g/mol.